The van der Waals surface area contributed by atoms with E-state index < -0.39 is 0 Å². The first-order valence-corrected chi connectivity index (χ1v) is 10.3. The number of likely N-dealkylation sites (tertiary alicyclic amines) is 1. The summed E-state index contributed by atoms with van der Waals surface area (Å²) >= 11 is 0. The average Bonchev–Trinajstić information content (AvgIpc) is 3.07. The second kappa shape index (κ2) is 8.49. The first kappa shape index (κ1) is 17.9. The first-order chi connectivity index (χ1) is 12.8. The van der Waals surface area contributed by atoms with E-state index in [1.807, 2.05) is 12.1 Å². The molecule has 0 radical (unpaired) electrons. The van der Waals surface area contributed by atoms with E-state index in [0.29, 0.717) is 24.2 Å². The Kier molecular flexibility index (Phi) is 5.85. The van der Waals surface area contributed by atoms with Gasteiger partial charge in [-0.2, -0.15) is 0 Å². The van der Waals surface area contributed by atoms with E-state index in [2.05, 4.69) is 15.2 Å². The summed E-state index contributed by atoms with van der Waals surface area (Å²) in [6.45, 7) is 5.14. The number of pyridine rings is 1. The molecule has 3 fully saturated rings. The molecule has 0 spiro atoms. The maximum absolute atomic E-state index is 12.5. The summed E-state index contributed by atoms with van der Waals surface area (Å²) in [7, 11) is 0. The Morgan fingerprint density at radius 1 is 1.23 bits per heavy atom. The first-order valence-electron chi connectivity index (χ1n) is 10.3. The molecule has 4 rings (SSSR count). The average molecular weight is 357 g/mol. The second-order valence-corrected chi connectivity index (χ2v) is 8.44. The summed E-state index contributed by atoms with van der Waals surface area (Å²) in [5.41, 5.74) is 0.774. The Balaban J connectivity index is 1.30. The lowest BCUT2D eigenvalue weighted by Crippen LogP contribution is -2.37. The highest BCUT2D eigenvalue weighted by molar-refractivity contribution is 5.90. The zero-order chi connectivity index (χ0) is 17.8. The number of rotatable bonds is 5. The predicted molar refractivity (Wildman–Crippen MR) is 102 cm³/mol. The van der Waals surface area contributed by atoms with Gasteiger partial charge in [-0.05, 0) is 48.6 Å². The van der Waals surface area contributed by atoms with Gasteiger partial charge in [-0.1, -0.05) is 19.3 Å². The van der Waals surface area contributed by atoms with Crippen molar-refractivity contribution in [3.63, 3.8) is 0 Å². The van der Waals surface area contributed by atoms with Gasteiger partial charge in [-0.3, -0.25) is 9.78 Å². The number of hydrogen-bond donors (Lipinski definition) is 1. The summed E-state index contributed by atoms with van der Waals surface area (Å²) in [5.74, 6) is 2.51. The molecule has 0 aromatic carbocycles. The number of nitrogens with zero attached hydrogens (tertiary/aromatic N) is 2. The lowest BCUT2D eigenvalue weighted by atomic mass is 9.81. The van der Waals surface area contributed by atoms with Crippen molar-refractivity contribution < 1.29 is 9.53 Å². The molecular weight excluding hydrogens is 326 g/mol. The van der Waals surface area contributed by atoms with E-state index in [4.69, 9.17) is 4.74 Å². The summed E-state index contributed by atoms with van der Waals surface area (Å²) in [4.78, 5) is 19.2. The van der Waals surface area contributed by atoms with E-state index >= 15 is 0 Å². The SMILES string of the molecule is O=C(C[C@@H]1COC[C@H]2CN(CC3CCCCC3)C[C@@H]12)Nc1cccnc1. The van der Waals surface area contributed by atoms with Crippen LogP contribution in [0.15, 0.2) is 24.5 Å². The lowest BCUT2D eigenvalue weighted by molar-refractivity contribution is -0.119. The van der Waals surface area contributed by atoms with E-state index in [-0.39, 0.29) is 5.91 Å². The van der Waals surface area contributed by atoms with Crippen LogP contribution in [0.3, 0.4) is 0 Å². The van der Waals surface area contributed by atoms with Crippen molar-refractivity contribution in [2.75, 3.05) is 38.2 Å². The van der Waals surface area contributed by atoms with Crippen LogP contribution in [-0.2, 0) is 9.53 Å². The number of amides is 1. The molecule has 5 nitrogen and oxygen atoms in total. The number of carbonyl (C=O) groups excluding carboxylic acids is 1. The van der Waals surface area contributed by atoms with Gasteiger partial charge < -0.3 is 15.0 Å². The molecule has 1 aromatic heterocycles. The van der Waals surface area contributed by atoms with Gasteiger partial charge in [0.15, 0.2) is 0 Å². The molecule has 1 aromatic rings. The maximum atomic E-state index is 12.5. The van der Waals surface area contributed by atoms with Gasteiger partial charge in [0.05, 0.1) is 25.1 Å². The molecular formula is C21H31N3O2. The van der Waals surface area contributed by atoms with Crippen molar-refractivity contribution in [3.8, 4) is 0 Å². The Labute approximate surface area is 156 Å². The smallest absolute Gasteiger partial charge is 0.224 e. The number of aromatic nitrogens is 1. The van der Waals surface area contributed by atoms with Crippen molar-refractivity contribution in [2.45, 2.75) is 38.5 Å². The number of nitrogens with one attached hydrogen (secondary N) is 1. The van der Waals surface area contributed by atoms with Gasteiger partial charge in [-0.25, -0.2) is 0 Å². The minimum atomic E-state index is 0.0815. The number of carbonyl (C=O) groups is 1. The molecule has 0 unspecified atom stereocenters. The van der Waals surface area contributed by atoms with Crippen molar-refractivity contribution in [3.05, 3.63) is 24.5 Å². The van der Waals surface area contributed by atoms with Crippen LogP contribution < -0.4 is 5.32 Å². The quantitative estimate of drug-likeness (QED) is 0.879. The number of ether oxygens (including phenoxy) is 1. The van der Waals surface area contributed by atoms with Crippen LogP contribution in [0.2, 0.25) is 0 Å². The molecule has 1 amide bonds. The highest BCUT2D eigenvalue weighted by Gasteiger charge is 2.41. The van der Waals surface area contributed by atoms with Crippen LogP contribution in [-0.4, -0.2) is 48.6 Å². The second-order valence-electron chi connectivity index (χ2n) is 8.44. The van der Waals surface area contributed by atoms with Crippen LogP contribution >= 0.6 is 0 Å². The summed E-state index contributed by atoms with van der Waals surface area (Å²) < 4.78 is 5.87. The summed E-state index contributed by atoms with van der Waals surface area (Å²) in [6, 6.07) is 3.72. The predicted octanol–water partition coefficient (Wildman–Crippen LogP) is 3.18. The Bertz CT molecular complexity index is 588. The van der Waals surface area contributed by atoms with Crippen molar-refractivity contribution in [1.82, 2.24) is 9.88 Å². The van der Waals surface area contributed by atoms with Crippen LogP contribution in [0.5, 0.6) is 0 Å². The highest BCUT2D eigenvalue weighted by Crippen LogP contribution is 2.37. The molecule has 3 heterocycles. The molecule has 2 saturated heterocycles. The molecule has 0 bridgehead atoms. The standard InChI is InChI=1S/C21H31N3O2/c25-21(23-19-7-4-8-22-10-19)9-17-14-26-15-18-12-24(13-20(17)18)11-16-5-2-1-3-6-16/h4,7-8,10,16-18,20H,1-3,5-6,9,11-15H2,(H,23,25)/t17-,18-,20+/m1/s1. The van der Waals surface area contributed by atoms with Crippen LogP contribution in [0, 0.1) is 23.7 Å². The fourth-order valence-corrected chi connectivity index (χ4v) is 5.17. The molecule has 5 heteroatoms. The molecule has 1 aliphatic carbocycles. The van der Waals surface area contributed by atoms with E-state index in [0.717, 1.165) is 37.9 Å². The largest absolute Gasteiger partial charge is 0.381 e. The Morgan fingerprint density at radius 3 is 2.92 bits per heavy atom. The van der Waals surface area contributed by atoms with Gasteiger partial charge in [0.25, 0.3) is 0 Å². The number of hydrogen-bond acceptors (Lipinski definition) is 4. The lowest BCUT2D eigenvalue weighted by Gasteiger charge is -2.32. The third-order valence-corrected chi connectivity index (χ3v) is 6.47. The molecule has 1 N–H and O–H groups in total. The zero-order valence-electron chi connectivity index (χ0n) is 15.6. The van der Waals surface area contributed by atoms with Gasteiger partial charge in [0, 0.05) is 32.3 Å². The fourth-order valence-electron chi connectivity index (χ4n) is 5.17. The van der Waals surface area contributed by atoms with E-state index in [1.165, 1.54) is 38.6 Å². The number of fused-ring (bicyclic) bond motifs is 1. The van der Waals surface area contributed by atoms with E-state index in [1.54, 1.807) is 12.4 Å². The van der Waals surface area contributed by atoms with Crippen molar-refractivity contribution >= 4 is 11.6 Å². The molecule has 2 aliphatic heterocycles. The van der Waals surface area contributed by atoms with Gasteiger partial charge in [0.1, 0.15) is 0 Å². The Hall–Kier alpha value is -1.46. The molecule has 3 atom stereocenters. The van der Waals surface area contributed by atoms with Crippen LogP contribution in [0.25, 0.3) is 0 Å². The summed E-state index contributed by atoms with van der Waals surface area (Å²) in [5, 5.41) is 2.98. The molecule has 142 valence electrons. The zero-order valence-corrected chi connectivity index (χ0v) is 15.6. The van der Waals surface area contributed by atoms with E-state index in [9.17, 15) is 4.79 Å². The fraction of sp³-hybridized carbons (Fsp3) is 0.714. The van der Waals surface area contributed by atoms with Gasteiger partial charge in [-0.15, -0.1) is 0 Å². The molecule has 26 heavy (non-hydrogen) atoms. The topological polar surface area (TPSA) is 54.5 Å². The number of anilines is 1. The minimum Gasteiger partial charge on any atom is -0.381 e. The third-order valence-electron chi connectivity index (χ3n) is 6.47. The van der Waals surface area contributed by atoms with Crippen LogP contribution in [0.1, 0.15) is 38.5 Å². The Morgan fingerprint density at radius 2 is 2.12 bits per heavy atom. The third kappa shape index (κ3) is 4.44. The van der Waals surface area contributed by atoms with Crippen LogP contribution in [0.4, 0.5) is 5.69 Å². The monoisotopic (exact) mass is 357 g/mol. The highest BCUT2D eigenvalue weighted by atomic mass is 16.5. The molecule has 1 saturated carbocycles. The van der Waals surface area contributed by atoms with Gasteiger partial charge in [0.2, 0.25) is 5.91 Å². The van der Waals surface area contributed by atoms with Gasteiger partial charge >= 0.3 is 0 Å². The minimum absolute atomic E-state index is 0.0815. The normalized spacial score (nSPS) is 30.1. The maximum Gasteiger partial charge on any atom is 0.224 e. The molecule has 3 aliphatic rings. The van der Waals surface area contributed by atoms with Crippen molar-refractivity contribution in [2.24, 2.45) is 23.7 Å². The summed E-state index contributed by atoms with van der Waals surface area (Å²) in [6.07, 6.45) is 11.0. The van der Waals surface area contributed by atoms with Crippen molar-refractivity contribution in [1.29, 1.82) is 0 Å².